The standard InChI is InChI=1S/C18H18F3NO2/c1-12-6-8-14(9-7-12)16(22-24)11-17(23,18(19,20)21)15-5-3-4-13(2)10-15/h3-10,23-24H,11H2,1-2H3/b22-16-. The van der Waals surface area contributed by atoms with Gasteiger partial charge >= 0.3 is 6.18 Å². The Morgan fingerprint density at radius 2 is 1.62 bits per heavy atom. The van der Waals surface area contributed by atoms with Crippen LogP contribution in [0.1, 0.15) is 28.7 Å². The van der Waals surface area contributed by atoms with Gasteiger partial charge < -0.3 is 10.3 Å². The van der Waals surface area contributed by atoms with Crippen LogP contribution in [0.25, 0.3) is 0 Å². The first-order chi connectivity index (χ1) is 11.2. The van der Waals surface area contributed by atoms with Crippen LogP contribution in [0, 0.1) is 13.8 Å². The number of alkyl halides is 3. The van der Waals surface area contributed by atoms with E-state index in [1.54, 1.807) is 37.3 Å². The summed E-state index contributed by atoms with van der Waals surface area (Å²) < 4.78 is 40.8. The minimum atomic E-state index is -4.93. The number of halogens is 3. The van der Waals surface area contributed by atoms with Gasteiger partial charge in [0.15, 0.2) is 5.60 Å². The number of benzene rings is 2. The monoisotopic (exact) mass is 337 g/mol. The van der Waals surface area contributed by atoms with E-state index in [9.17, 15) is 23.5 Å². The molecule has 128 valence electrons. The molecule has 0 bridgehead atoms. The molecule has 0 aromatic heterocycles. The van der Waals surface area contributed by atoms with Crippen molar-refractivity contribution in [2.45, 2.75) is 32.0 Å². The fourth-order valence-corrected chi connectivity index (χ4v) is 2.45. The fourth-order valence-electron chi connectivity index (χ4n) is 2.45. The predicted octanol–water partition coefficient (Wildman–Crippen LogP) is 4.32. The Morgan fingerprint density at radius 3 is 2.12 bits per heavy atom. The molecule has 0 heterocycles. The summed E-state index contributed by atoms with van der Waals surface area (Å²) >= 11 is 0. The first-order valence-electron chi connectivity index (χ1n) is 7.31. The molecule has 0 aliphatic rings. The van der Waals surface area contributed by atoms with Crippen molar-refractivity contribution >= 4 is 5.71 Å². The Labute approximate surface area is 138 Å². The van der Waals surface area contributed by atoms with Crippen LogP contribution in [0.2, 0.25) is 0 Å². The lowest BCUT2D eigenvalue weighted by molar-refractivity contribution is -0.263. The lowest BCUT2D eigenvalue weighted by Crippen LogP contribution is -2.44. The Kier molecular flexibility index (Phi) is 4.99. The van der Waals surface area contributed by atoms with Crippen molar-refractivity contribution in [1.82, 2.24) is 0 Å². The zero-order valence-corrected chi connectivity index (χ0v) is 13.3. The van der Waals surface area contributed by atoms with Crippen molar-refractivity contribution in [2.75, 3.05) is 0 Å². The molecular weight excluding hydrogens is 319 g/mol. The van der Waals surface area contributed by atoms with Crippen LogP contribution < -0.4 is 0 Å². The first kappa shape index (κ1) is 18.0. The van der Waals surface area contributed by atoms with Crippen LogP contribution in [0.4, 0.5) is 13.2 Å². The second-order valence-electron chi connectivity index (χ2n) is 5.82. The highest BCUT2D eigenvalue weighted by atomic mass is 19.4. The van der Waals surface area contributed by atoms with Crippen LogP contribution in [0.15, 0.2) is 53.7 Å². The maximum absolute atomic E-state index is 13.6. The molecule has 0 amide bonds. The lowest BCUT2D eigenvalue weighted by atomic mass is 9.85. The van der Waals surface area contributed by atoms with E-state index in [2.05, 4.69) is 5.16 Å². The maximum Gasteiger partial charge on any atom is 0.421 e. The molecule has 0 aliphatic heterocycles. The number of aryl methyl sites for hydroxylation is 2. The van der Waals surface area contributed by atoms with E-state index in [4.69, 9.17) is 0 Å². The van der Waals surface area contributed by atoms with Gasteiger partial charge in [-0.1, -0.05) is 64.8 Å². The number of hydrogen-bond donors (Lipinski definition) is 2. The van der Waals surface area contributed by atoms with Crippen LogP contribution in [-0.4, -0.2) is 22.2 Å². The van der Waals surface area contributed by atoms with E-state index < -0.39 is 18.2 Å². The number of hydrogen-bond acceptors (Lipinski definition) is 3. The number of rotatable bonds is 4. The van der Waals surface area contributed by atoms with Crippen molar-refractivity contribution < 1.29 is 23.5 Å². The average Bonchev–Trinajstić information content (AvgIpc) is 2.52. The fraction of sp³-hybridized carbons (Fsp3) is 0.278. The smallest absolute Gasteiger partial charge is 0.411 e. The third-order valence-electron chi connectivity index (χ3n) is 3.89. The Morgan fingerprint density at radius 1 is 1.00 bits per heavy atom. The largest absolute Gasteiger partial charge is 0.421 e. The predicted molar refractivity (Wildman–Crippen MR) is 85.3 cm³/mol. The maximum atomic E-state index is 13.6. The van der Waals surface area contributed by atoms with Crippen LogP contribution in [0.5, 0.6) is 0 Å². The summed E-state index contributed by atoms with van der Waals surface area (Å²) in [5.74, 6) is 0. The first-order valence-corrected chi connectivity index (χ1v) is 7.31. The summed E-state index contributed by atoms with van der Waals surface area (Å²) in [5, 5.41) is 22.6. The van der Waals surface area contributed by atoms with Crippen molar-refractivity contribution in [2.24, 2.45) is 5.16 Å². The van der Waals surface area contributed by atoms with Gasteiger partial charge in [-0.2, -0.15) is 13.2 Å². The molecule has 24 heavy (non-hydrogen) atoms. The van der Waals surface area contributed by atoms with E-state index in [0.717, 1.165) is 5.56 Å². The molecule has 6 heteroatoms. The molecule has 0 aliphatic carbocycles. The second kappa shape index (κ2) is 6.65. The summed E-state index contributed by atoms with van der Waals surface area (Å²) in [4.78, 5) is 0. The summed E-state index contributed by atoms with van der Waals surface area (Å²) in [7, 11) is 0. The molecular formula is C18H18F3NO2. The van der Waals surface area contributed by atoms with E-state index in [0.29, 0.717) is 11.1 Å². The Hall–Kier alpha value is -2.34. The summed E-state index contributed by atoms with van der Waals surface area (Å²) in [6.07, 6.45) is -5.82. The van der Waals surface area contributed by atoms with Gasteiger partial charge in [0, 0.05) is 6.42 Å². The van der Waals surface area contributed by atoms with Crippen molar-refractivity contribution in [3.05, 3.63) is 70.8 Å². The molecule has 0 saturated heterocycles. The second-order valence-corrected chi connectivity index (χ2v) is 5.82. The summed E-state index contributed by atoms with van der Waals surface area (Å²) in [6.45, 7) is 3.47. The molecule has 2 N–H and O–H groups in total. The minimum absolute atomic E-state index is 0.240. The molecule has 0 spiro atoms. The van der Waals surface area contributed by atoms with Gasteiger partial charge in [-0.15, -0.1) is 0 Å². The lowest BCUT2D eigenvalue weighted by Gasteiger charge is -2.31. The quantitative estimate of drug-likeness (QED) is 0.496. The van der Waals surface area contributed by atoms with Crippen LogP contribution >= 0.6 is 0 Å². The number of nitrogens with zero attached hydrogens (tertiary/aromatic N) is 1. The van der Waals surface area contributed by atoms with Gasteiger partial charge in [0.2, 0.25) is 0 Å². The zero-order chi connectivity index (χ0) is 18.0. The molecule has 2 rings (SSSR count). The highest BCUT2D eigenvalue weighted by Gasteiger charge is 2.55. The van der Waals surface area contributed by atoms with Crippen LogP contribution in [-0.2, 0) is 5.60 Å². The van der Waals surface area contributed by atoms with Crippen molar-refractivity contribution in [3.63, 3.8) is 0 Å². The molecule has 0 fully saturated rings. The number of oxime groups is 1. The van der Waals surface area contributed by atoms with Gasteiger partial charge in [-0.3, -0.25) is 0 Å². The minimum Gasteiger partial charge on any atom is -0.411 e. The Balaban J connectivity index is 2.47. The SMILES string of the molecule is Cc1ccc(/C(CC(O)(c2cccc(C)c2)C(F)(F)F)=N\O)cc1. The van der Waals surface area contributed by atoms with Gasteiger partial charge in [0.05, 0.1) is 5.71 Å². The van der Waals surface area contributed by atoms with E-state index in [1.807, 2.05) is 6.92 Å². The van der Waals surface area contributed by atoms with Gasteiger partial charge in [-0.05, 0) is 25.0 Å². The van der Waals surface area contributed by atoms with Crippen LogP contribution in [0.3, 0.4) is 0 Å². The molecule has 0 saturated carbocycles. The van der Waals surface area contributed by atoms with E-state index in [-0.39, 0.29) is 11.3 Å². The van der Waals surface area contributed by atoms with Crippen molar-refractivity contribution in [1.29, 1.82) is 0 Å². The van der Waals surface area contributed by atoms with E-state index >= 15 is 0 Å². The zero-order valence-electron chi connectivity index (χ0n) is 13.3. The highest BCUT2D eigenvalue weighted by molar-refractivity contribution is 6.01. The Bertz CT molecular complexity index is 739. The molecule has 2 aromatic rings. The normalized spacial score (nSPS) is 15.2. The molecule has 3 nitrogen and oxygen atoms in total. The third kappa shape index (κ3) is 3.59. The molecule has 1 atom stereocenters. The van der Waals surface area contributed by atoms with Gasteiger partial charge in [0.25, 0.3) is 0 Å². The van der Waals surface area contributed by atoms with Gasteiger partial charge in [-0.25, -0.2) is 0 Å². The topological polar surface area (TPSA) is 52.8 Å². The molecule has 0 radical (unpaired) electrons. The van der Waals surface area contributed by atoms with Crippen molar-refractivity contribution in [3.8, 4) is 0 Å². The highest BCUT2D eigenvalue weighted by Crippen LogP contribution is 2.42. The van der Waals surface area contributed by atoms with Gasteiger partial charge in [0.1, 0.15) is 0 Å². The van der Waals surface area contributed by atoms with E-state index in [1.165, 1.54) is 18.2 Å². The number of aliphatic hydroxyl groups is 1. The molecule has 1 unspecified atom stereocenters. The average molecular weight is 337 g/mol. The summed E-state index contributed by atoms with van der Waals surface area (Å²) in [6, 6.07) is 12.1. The third-order valence-corrected chi connectivity index (χ3v) is 3.89. The molecule has 2 aromatic carbocycles. The summed E-state index contributed by atoms with van der Waals surface area (Å²) in [5.41, 5.74) is -1.85.